The fourth-order valence-corrected chi connectivity index (χ4v) is 3.66. The van der Waals surface area contributed by atoms with Crippen molar-refractivity contribution in [3.8, 4) is 0 Å². The molecule has 0 bridgehead atoms. The Morgan fingerprint density at radius 3 is 2.44 bits per heavy atom. The van der Waals surface area contributed by atoms with Crippen molar-refractivity contribution in [2.24, 2.45) is 5.92 Å². The van der Waals surface area contributed by atoms with Gasteiger partial charge in [0.25, 0.3) is 5.91 Å². The number of amides is 1. The van der Waals surface area contributed by atoms with E-state index in [9.17, 15) is 18.3 Å². The highest BCUT2D eigenvalue weighted by Crippen LogP contribution is 2.20. The number of aliphatic hydroxyl groups excluding tert-OH is 1. The van der Waals surface area contributed by atoms with E-state index in [1.807, 2.05) is 0 Å². The van der Waals surface area contributed by atoms with Crippen LogP contribution < -0.4 is 5.32 Å². The summed E-state index contributed by atoms with van der Waals surface area (Å²) in [5.41, 5.74) is 0.387. The van der Waals surface area contributed by atoms with Gasteiger partial charge in [0, 0.05) is 39.4 Å². The van der Waals surface area contributed by atoms with Gasteiger partial charge in [0.05, 0.1) is 11.0 Å². The summed E-state index contributed by atoms with van der Waals surface area (Å²) in [4.78, 5) is 12.3. The number of nitrogens with one attached hydrogen (secondary N) is 1. The van der Waals surface area contributed by atoms with Crippen LogP contribution in [0, 0.1) is 5.92 Å². The van der Waals surface area contributed by atoms with Crippen LogP contribution in [0.5, 0.6) is 0 Å². The van der Waals surface area contributed by atoms with Crippen LogP contribution in [0.25, 0.3) is 0 Å². The number of ether oxygens (including phenoxy) is 1. The summed E-state index contributed by atoms with van der Waals surface area (Å²) in [5.74, 6) is -0.0610. The second-order valence-corrected chi connectivity index (χ2v) is 8.53. The number of benzene rings is 1. The van der Waals surface area contributed by atoms with Gasteiger partial charge in [-0.25, -0.2) is 12.7 Å². The normalized spacial score (nSPS) is 17.4. The molecule has 1 aromatic rings. The lowest BCUT2D eigenvalue weighted by Gasteiger charge is -2.26. The van der Waals surface area contributed by atoms with Crippen molar-refractivity contribution in [1.29, 1.82) is 0 Å². The molecule has 1 amide bonds. The molecule has 2 rings (SSSR count). The van der Waals surface area contributed by atoms with Crippen LogP contribution in [0.15, 0.2) is 29.2 Å². The molecular weight excluding hydrogens is 344 g/mol. The number of aliphatic hydroxyl groups is 1. The first-order valence-corrected chi connectivity index (χ1v) is 9.83. The van der Waals surface area contributed by atoms with Crippen LogP contribution in [-0.2, 0) is 14.8 Å². The molecule has 7 nitrogen and oxygen atoms in total. The van der Waals surface area contributed by atoms with E-state index in [0.717, 1.165) is 17.1 Å². The SMILES string of the molecule is CN(C)S(=O)(=O)c1ccc(C(=O)NCCC(O)C2CCOCC2)cc1. The topological polar surface area (TPSA) is 95.9 Å². The molecular formula is C17H26N2O5S. The highest BCUT2D eigenvalue weighted by Gasteiger charge is 2.22. The molecule has 0 aromatic heterocycles. The number of hydrogen-bond acceptors (Lipinski definition) is 5. The Morgan fingerprint density at radius 1 is 1.28 bits per heavy atom. The summed E-state index contributed by atoms with van der Waals surface area (Å²) in [6, 6.07) is 5.81. The van der Waals surface area contributed by atoms with Gasteiger partial charge in [-0.2, -0.15) is 0 Å². The van der Waals surface area contributed by atoms with Gasteiger partial charge in [0.15, 0.2) is 0 Å². The maximum atomic E-state index is 12.1. The lowest BCUT2D eigenvalue weighted by atomic mass is 9.92. The molecule has 8 heteroatoms. The first-order valence-electron chi connectivity index (χ1n) is 8.39. The Balaban J connectivity index is 1.84. The Bertz CT molecular complexity index is 667. The maximum absolute atomic E-state index is 12.1. The van der Waals surface area contributed by atoms with Gasteiger partial charge in [0.2, 0.25) is 10.0 Å². The highest BCUT2D eigenvalue weighted by molar-refractivity contribution is 7.89. The molecule has 0 saturated carbocycles. The molecule has 0 aliphatic carbocycles. The van der Waals surface area contributed by atoms with Crippen LogP contribution in [-0.4, -0.2) is 63.7 Å². The Hall–Kier alpha value is -1.48. The summed E-state index contributed by atoms with van der Waals surface area (Å²) < 4.78 is 30.4. The Labute approximate surface area is 149 Å². The van der Waals surface area contributed by atoms with Gasteiger partial charge in [-0.1, -0.05) is 0 Å². The van der Waals surface area contributed by atoms with E-state index in [1.165, 1.54) is 38.4 Å². The number of sulfonamides is 1. The Morgan fingerprint density at radius 2 is 1.88 bits per heavy atom. The van der Waals surface area contributed by atoms with Crippen LogP contribution in [0.3, 0.4) is 0 Å². The minimum absolute atomic E-state index is 0.143. The first-order chi connectivity index (χ1) is 11.8. The molecule has 1 aliphatic rings. The predicted octanol–water partition coefficient (Wildman–Crippen LogP) is 0.844. The number of carbonyl (C=O) groups is 1. The van der Waals surface area contributed by atoms with Gasteiger partial charge in [-0.3, -0.25) is 4.79 Å². The monoisotopic (exact) mass is 370 g/mol. The van der Waals surface area contributed by atoms with Crippen molar-refractivity contribution in [2.45, 2.75) is 30.3 Å². The molecule has 1 saturated heterocycles. The minimum Gasteiger partial charge on any atom is -0.393 e. The summed E-state index contributed by atoms with van der Waals surface area (Å²) in [5, 5.41) is 12.9. The zero-order valence-corrected chi connectivity index (χ0v) is 15.5. The van der Waals surface area contributed by atoms with Crippen LogP contribution in [0.4, 0.5) is 0 Å². The molecule has 140 valence electrons. The van der Waals surface area contributed by atoms with Gasteiger partial charge >= 0.3 is 0 Å². The van der Waals surface area contributed by atoms with Crippen molar-refractivity contribution in [3.05, 3.63) is 29.8 Å². The summed E-state index contributed by atoms with van der Waals surface area (Å²) >= 11 is 0. The molecule has 0 radical (unpaired) electrons. The van der Waals surface area contributed by atoms with Gasteiger partial charge < -0.3 is 15.2 Å². The molecule has 1 aromatic carbocycles. The molecule has 1 unspecified atom stereocenters. The maximum Gasteiger partial charge on any atom is 0.251 e. The molecule has 0 spiro atoms. The number of carbonyl (C=O) groups excluding carboxylic acids is 1. The first kappa shape index (κ1) is 19.8. The molecule has 1 atom stereocenters. The number of nitrogens with zero attached hydrogens (tertiary/aromatic N) is 1. The molecule has 2 N–H and O–H groups in total. The third-order valence-electron chi connectivity index (χ3n) is 4.43. The second-order valence-electron chi connectivity index (χ2n) is 6.37. The van der Waals surface area contributed by atoms with E-state index in [-0.39, 0.29) is 16.7 Å². The van der Waals surface area contributed by atoms with Crippen molar-refractivity contribution < 1.29 is 23.1 Å². The van der Waals surface area contributed by atoms with E-state index in [4.69, 9.17) is 4.74 Å². The summed E-state index contributed by atoms with van der Waals surface area (Å²) in [6.07, 6.45) is 1.73. The lowest BCUT2D eigenvalue weighted by Crippen LogP contribution is -2.32. The molecule has 25 heavy (non-hydrogen) atoms. The van der Waals surface area contributed by atoms with E-state index in [1.54, 1.807) is 0 Å². The van der Waals surface area contributed by atoms with Gasteiger partial charge in [-0.15, -0.1) is 0 Å². The standard InChI is InChI=1S/C17H26N2O5S/c1-19(2)25(22,23)15-5-3-14(4-6-15)17(21)18-10-7-16(20)13-8-11-24-12-9-13/h3-6,13,16,20H,7-12H2,1-2H3,(H,18,21). The smallest absolute Gasteiger partial charge is 0.251 e. The lowest BCUT2D eigenvalue weighted by molar-refractivity contribution is 0.00528. The van der Waals surface area contributed by atoms with Crippen LogP contribution in [0.1, 0.15) is 29.6 Å². The summed E-state index contributed by atoms with van der Waals surface area (Å²) in [7, 11) is -0.586. The zero-order valence-electron chi connectivity index (χ0n) is 14.6. The van der Waals surface area contributed by atoms with E-state index in [2.05, 4.69) is 5.32 Å². The van der Waals surface area contributed by atoms with Crippen LogP contribution >= 0.6 is 0 Å². The van der Waals surface area contributed by atoms with Crippen molar-refractivity contribution in [3.63, 3.8) is 0 Å². The largest absolute Gasteiger partial charge is 0.393 e. The zero-order chi connectivity index (χ0) is 18.4. The minimum atomic E-state index is -3.50. The number of hydrogen-bond donors (Lipinski definition) is 2. The van der Waals surface area contributed by atoms with Gasteiger partial charge in [0.1, 0.15) is 0 Å². The average Bonchev–Trinajstić information content (AvgIpc) is 2.62. The van der Waals surface area contributed by atoms with Crippen molar-refractivity contribution in [1.82, 2.24) is 9.62 Å². The van der Waals surface area contributed by atoms with Crippen LogP contribution in [0.2, 0.25) is 0 Å². The number of rotatable bonds is 7. The van der Waals surface area contributed by atoms with Crippen molar-refractivity contribution in [2.75, 3.05) is 33.9 Å². The second kappa shape index (κ2) is 8.75. The summed E-state index contributed by atoms with van der Waals surface area (Å²) in [6.45, 7) is 1.72. The molecule has 1 heterocycles. The predicted molar refractivity (Wildman–Crippen MR) is 93.8 cm³/mol. The quantitative estimate of drug-likeness (QED) is 0.742. The third-order valence-corrected chi connectivity index (χ3v) is 6.26. The fourth-order valence-electron chi connectivity index (χ4n) is 2.76. The van der Waals surface area contributed by atoms with E-state index in [0.29, 0.717) is 31.7 Å². The molecule has 1 aliphatic heterocycles. The Kier molecular flexibility index (Phi) is 6.95. The van der Waals surface area contributed by atoms with Crippen molar-refractivity contribution >= 4 is 15.9 Å². The highest BCUT2D eigenvalue weighted by atomic mass is 32.2. The average molecular weight is 370 g/mol. The van der Waals surface area contributed by atoms with Gasteiger partial charge in [-0.05, 0) is 49.4 Å². The van der Waals surface area contributed by atoms with E-state index >= 15 is 0 Å². The third kappa shape index (κ3) is 5.24. The van der Waals surface area contributed by atoms with E-state index < -0.39 is 16.1 Å². The molecule has 1 fully saturated rings. The fraction of sp³-hybridized carbons (Fsp3) is 0.588.